The van der Waals surface area contributed by atoms with Gasteiger partial charge in [-0.2, -0.15) is 13.2 Å². The Balaban J connectivity index is 1.81. The molecule has 3 aromatic rings. The first-order chi connectivity index (χ1) is 17.0. The summed E-state index contributed by atoms with van der Waals surface area (Å²) in [7, 11) is 0. The van der Waals surface area contributed by atoms with Crippen molar-refractivity contribution < 1.29 is 35.1 Å². The maximum atomic E-state index is 14.4. The highest BCUT2D eigenvalue weighted by molar-refractivity contribution is 5.50. The van der Waals surface area contributed by atoms with Gasteiger partial charge in [0.05, 0.1) is 11.1 Å². The van der Waals surface area contributed by atoms with E-state index in [1.54, 1.807) is 0 Å². The Kier molecular flexibility index (Phi) is 8.42. The SMILES string of the molecule is CCCCCc1cc(F)c(C#Cc2ccc(C#Cc3cc(F)c(C(F)(F)F)c(F)c3)c(F)c2)c(F)c1. The Labute approximate surface area is 203 Å². The molecule has 186 valence electrons. The highest BCUT2D eigenvalue weighted by Gasteiger charge is 2.37. The molecule has 0 saturated heterocycles. The molecule has 3 aromatic carbocycles. The van der Waals surface area contributed by atoms with Crippen LogP contribution in [0.15, 0.2) is 42.5 Å². The molecule has 3 rings (SSSR count). The fourth-order valence-corrected chi connectivity index (χ4v) is 3.35. The van der Waals surface area contributed by atoms with Crippen LogP contribution in [0, 0.1) is 52.8 Å². The zero-order valence-electron chi connectivity index (χ0n) is 18.9. The maximum Gasteiger partial charge on any atom is 0.422 e. The summed E-state index contributed by atoms with van der Waals surface area (Å²) < 4.78 is 108. The van der Waals surface area contributed by atoms with Crippen molar-refractivity contribution in [3.05, 3.63) is 105 Å². The molecule has 0 aliphatic heterocycles. The van der Waals surface area contributed by atoms with Gasteiger partial charge in [0.1, 0.15) is 34.6 Å². The smallest absolute Gasteiger partial charge is 0.206 e. The van der Waals surface area contributed by atoms with Crippen molar-refractivity contribution in [1.29, 1.82) is 0 Å². The van der Waals surface area contributed by atoms with Gasteiger partial charge in [-0.1, -0.05) is 43.4 Å². The van der Waals surface area contributed by atoms with Crippen LogP contribution < -0.4 is 0 Å². The third-order valence-corrected chi connectivity index (χ3v) is 5.14. The quantitative estimate of drug-likeness (QED) is 0.192. The average Bonchev–Trinajstić information content (AvgIpc) is 2.76. The van der Waals surface area contributed by atoms with Gasteiger partial charge in [0, 0.05) is 11.1 Å². The lowest BCUT2D eigenvalue weighted by atomic mass is 10.0. The Hall–Kier alpha value is -3.78. The molecule has 0 bridgehead atoms. The van der Waals surface area contributed by atoms with Crippen LogP contribution >= 0.6 is 0 Å². The normalized spacial score (nSPS) is 10.9. The molecule has 0 fully saturated rings. The van der Waals surface area contributed by atoms with Gasteiger partial charge in [0.25, 0.3) is 0 Å². The Bertz CT molecular complexity index is 1350. The molecule has 36 heavy (non-hydrogen) atoms. The van der Waals surface area contributed by atoms with Crippen LogP contribution in [-0.2, 0) is 12.6 Å². The van der Waals surface area contributed by atoms with E-state index >= 15 is 0 Å². The van der Waals surface area contributed by atoms with Crippen molar-refractivity contribution in [2.24, 2.45) is 0 Å². The number of aryl methyl sites for hydroxylation is 1. The first-order valence-corrected chi connectivity index (χ1v) is 10.9. The molecule has 0 heterocycles. The highest BCUT2D eigenvalue weighted by atomic mass is 19.4. The molecule has 8 heteroatoms. The molecule has 0 N–H and O–H groups in total. The monoisotopic (exact) mass is 506 g/mol. The second-order valence-electron chi connectivity index (χ2n) is 7.90. The number of unbranched alkanes of at least 4 members (excludes halogenated alkanes) is 2. The van der Waals surface area contributed by atoms with Crippen LogP contribution in [-0.4, -0.2) is 0 Å². The fraction of sp³-hybridized carbons (Fsp3) is 0.214. The number of hydrogen-bond acceptors (Lipinski definition) is 0. The number of benzene rings is 3. The van der Waals surface area contributed by atoms with E-state index in [0.29, 0.717) is 24.1 Å². The van der Waals surface area contributed by atoms with Crippen molar-refractivity contribution in [2.75, 3.05) is 0 Å². The van der Waals surface area contributed by atoms with Gasteiger partial charge in [-0.05, 0) is 60.9 Å². The lowest BCUT2D eigenvalue weighted by Crippen LogP contribution is -2.11. The summed E-state index contributed by atoms with van der Waals surface area (Å²) in [6.45, 7) is 2.02. The van der Waals surface area contributed by atoms with Crippen LogP contribution in [0.3, 0.4) is 0 Å². The number of hydrogen-bond donors (Lipinski definition) is 0. The summed E-state index contributed by atoms with van der Waals surface area (Å²) in [4.78, 5) is 0. The molecule has 0 unspecified atom stereocenters. The minimum atomic E-state index is -5.22. The minimum Gasteiger partial charge on any atom is -0.206 e. The third kappa shape index (κ3) is 6.66. The maximum absolute atomic E-state index is 14.4. The minimum absolute atomic E-state index is 0.0792. The number of alkyl halides is 3. The highest BCUT2D eigenvalue weighted by Crippen LogP contribution is 2.33. The summed E-state index contributed by atoms with van der Waals surface area (Å²) in [6, 6.07) is 6.66. The zero-order valence-corrected chi connectivity index (χ0v) is 18.9. The summed E-state index contributed by atoms with van der Waals surface area (Å²) in [5.74, 6) is 3.07. The van der Waals surface area contributed by atoms with E-state index < -0.39 is 52.0 Å². The van der Waals surface area contributed by atoms with Crippen molar-refractivity contribution in [2.45, 2.75) is 38.8 Å². The van der Waals surface area contributed by atoms with Crippen molar-refractivity contribution in [3.8, 4) is 23.7 Å². The largest absolute Gasteiger partial charge is 0.422 e. The molecular formula is C28H18F8. The second-order valence-corrected chi connectivity index (χ2v) is 7.90. The van der Waals surface area contributed by atoms with Gasteiger partial charge in [-0.3, -0.25) is 0 Å². The van der Waals surface area contributed by atoms with Crippen LogP contribution in [0.25, 0.3) is 0 Å². The predicted octanol–water partition coefficient (Wildman–Crippen LogP) is 7.93. The summed E-state index contributed by atoms with van der Waals surface area (Å²) in [6.07, 6.45) is -1.96. The summed E-state index contributed by atoms with van der Waals surface area (Å²) in [5, 5.41) is 0. The van der Waals surface area contributed by atoms with E-state index in [1.807, 2.05) is 6.92 Å². The topological polar surface area (TPSA) is 0 Å². The Morgan fingerprint density at radius 2 is 1.22 bits per heavy atom. The Morgan fingerprint density at radius 3 is 1.78 bits per heavy atom. The molecule has 0 aromatic heterocycles. The van der Waals surface area contributed by atoms with E-state index in [1.165, 1.54) is 24.3 Å². The molecule has 0 radical (unpaired) electrons. The van der Waals surface area contributed by atoms with Crippen LogP contribution in [0.5, 0.6) is 0 Å². The first kappa shape index (κ1) is 26.8. The number of rotatable bonds is 4. The molecule has 0 atom stereocenters. The van der Waals surface area contributed by atoms with Gasteiger partial charge in [0.15, 0.2) is 0 Å². The molecule has 0 aliphatic carbocycles. The van der Waals surface area contributed by atoms with Gasteiger partial charge < -0.3 is 0 Å². The van der Waals surface area contributed by atoms with E-state index in [2.05, 4.69) is 23.7 Å². The van der Waals surface area contributed by atoms with Crippen LogP contribution in [0.1, 0.15) is 59.6 Å². The van der Waals surface area contributed by atoms with Gasteiger partial charge in [-0.15, -0.1) is 0 Å². The third-order valence-electron chi connectivity index (χ3n) is 5.14. The van der Waals surface area contributed by atoms with Gasteiger partial charge >= 0.3 is 6.18 Å². The second kappa shape index (κ2) is 11.3. The van der Waals surface area contributed by atoms with E-state index in [-0.39, 0.29) is 11.1 Å². The van der Waals surface area contributed by atoms with Crippen LogP contribution in [0.4, 0.5) is 35.1 Å². The average molecular weight is 506 g/mol. The molecule has 0 spiro atoms. The van der Waals surface area contributed by atoms with Crippen molar-refractivity contribution in [1.82, 2.24) is 0 Å². The first-order valence-electron chi connectivity index (χ1n) is 10.9. The van der Waals surface area contributed by atoms with E-state index in [4.69, 9.17) is 0 Å². The van der Waals surface area contributed by atoms with E-state index in [0.717, 1.165) is 25.3 Å². The number of halogens is 8. The predicted molar refractivity (Wildman–Crippen MR) is 119 cm³/mol. The Morgan fingerprint density at radius 1 is 0.639 bits per heavy atom. The molecule has 0 aliphatic rings. The van der Waals surface area contributed by atoms with Crippen molar-refractivity contribution in [3.63, 3.8) is 0 Å². The van der Waals surface area contributed by atoms with Crippen LogP contribution in [0.2, 0.25) is 0 Å². The molecule has 0 amide bonds. The summed E-state index contributed by atoms with van der Waals surface area (Å²) >= 11 is 0. The van der Waals surface area contributed by atoms with Crippen molar-refractivity contribution >= 4 is 0 Å². The molecule has 0 saturated carbocycles. The van der Waals surface area contributed by atoms with Gasteiger partial charge in [0.2, 0.25) is 0 Å². The lowest BCUT2D eigenvalue weighted by Gasteiger charge is -2.09. The zero-order chi connectivity index (χ0) is 26.5. The summed E-state index contributed by atoms with van der Waals surface area (Å²) in [5.41, 5.74) is -2.55. The molecular weight excluding hydrogens is 488 g/mol. The molecule has 0 nitrogen and oxygen atoms in total. The van der Waals surface area contributed by atoms with Gasteiger partial charge in [-0.25, -0.2) is 22.0 Å². The standard InChI is InChI=1S/C28H18F8/c1-2-3-4-5-18-13-23(30)21(24(31)14-18)11-8-17-6-9-20(22(29)12-17)10-7-19-15-25(32)27(26(33)16-19)28(34,35)36/h6,9,12-16H,2-5H2,1H3. The lowest BCUT2D eigenvalue weighted by molar-refractivity contribution is -0.142. The van der Waals surface area contributed by atoms with E-state index in [9.17, 15) is 35.1 Å². The fourth-order valence-electron chi connectivity index (χ4n) is 3.35.